The average Bonchev–Trinajstić information content (AvgIpc) is 3.07. The second-order valence-corrected chi connectivity index (χ2v) is 14.8. The van der Waals surface area contributed by atoms with E-state index in [0.29, 0.717) is 13.1 Å². The fourth-order valence-corrected chi connectivity index (χ4v) is 6.19. The van der Waals surface area contributed by atoms with Gasteiger partial charge < -0.3 is 18.6 Å². The Morgan fingerprint density at radius 1 is 1.06 bits per heavy atom. The van der Waals surface area contributed by atoms with Crippen LogP contribution in [0.25, 0.3) is 5.82 Å². The lowest BCUT2D eigenvalue weighted by Gasteiger charge is -2.49. The largest absolute Gasteiger partial charge is 0.444 e. The molecular weight excluding hydrogens is 468 g/mol. The van der Waals surface area contributed by atoms with E-state index in [1.807, 2.05) is 31.9 Å². The Kier molecular flexibility index (Phi) is 8.30. The van der Waals surface area contributed by atoms with Gasteiger partial charge in [0.2, 0.25) is 0 Å². The summed E-state index contributed by atoms with van der Waals surface area (Å²) in [5.41, 5.74) is 3.93. The van der Waals surface area contributed by atoms with Crippen LogP contribution >= 0.6 is 0 Å². The number of carbonyl (C=O) groups excluding carboxylic acids is 1. The van der Waals surface area contributed by atoms with Crippen LogP contribution in [0.2, 0.25) is 13.1 Å². The van der Waals surface area contributed by atoms with Crippen LogP contribution in [-0.4, -0.2) is 67.0 Å². The van der Waals surface area contributed by atoms with Crippen molar-refractivity contribution in [1.29, 1.82) is 0 Å². The number of anilines is 1. The molecule has 0 spiro atoms. The summed E-state index contributed by atoms with van der Waals surface area (Å²) < 4.78 is 14.6. The van der Waals surface area contributed by atoms with E-state index in [2.05, 4.69) is 82.3 Å². The summed E-state index contributed by atoms with van der Waals surface area (Å²) in [5, 5.41) is 0. The lowest BCUT2D eigenvalue weighted by Crippen LogP contribution is -2.63. The van der Waals surface area contributed by atoms with Crippen molar-refractivity contribution in [3.63, 3.8) is 0 Å². The van der Waals surface area contributed by atoms with E-state index in [1.165, 1.54) is 17.0 Å². The first-order valence-electron chi connectivity index (χ1n) is 13.1. The van der Waals surface area contributed by atoms with Crippen molar-refractivity contribution in [2.75, 3.05) is 24.5 Å². The van der Waals surface area contributed by atoms with E-state index < -0.39 is 14.6 Å². The third kappa shape index (κ3) is 6.51. The standard InChI is InChI=1S/C28H46N4O3Si/c1-19-16-24(32-20(2)12-13-21(32)3)29-17-22(19)30-14-15-31(26(33)34-28(7,8)9)23(18-30)25(27(4,5)6)35-36(10)11/h12-13,16-17,23,25,36H,14-15,18H2,1-11H3/t23-,25?/m1/s1. The predicted octanol–water partition coefficient (Wildman–Crippen LogP) is 5.64. The zero-order chi connectivity index (χ0) is 27.0. The van der Waals surface area contributed by atoms with E-state index in [0.717, 1.165) is 18.1 Å². The molecule has 3 heterocycles. The molecule has 8 heteroatoms. The first-order chi connectivity index (χ1) is 16.6. The van der Waals surface area contributed by atoms with Crippen molar-refractivity contribution < 1.29 is 14.0 Å². The van der Waals surface area contributed by atoms with E-state index in [4.69, 9.17) is 14.1 Å². The molecular formula is C28H46N4O3Si. The highest BCUT2D eigenvalue weighted by Gasteiger charge is 2.43. The minimum absolute atomic E-state index is 0.0998. The summed E-state index contributed by atoms with van der Waals surface area (Å²) in [4.78, 5) is 22.4. The van der Waals surface area contributed by atoms with Crippen molar-refractivity contribution in [1.82, 2.24) is 14.5 Å². The van der Waals surface area contributed by atoms with Gasteiger partial charge >= 0.3 is 6.09 Å². The quantitative estimate of drug-likeness (QED) is 0.484. The number of nitrogens with zero attached hydrogens (tertiary/aromatic N) is 4. The van der Waals surface area contributed by atoms with Crippen molar-refractivity contribution in [3.8, 4) is 5.82 Å². The van der Waals surface area contributed by atoms with Gasteiger partial charge in [0.05, 0.1) is 24.0 Å². The first kappa shape index (κ1) is 28.3. The Bertz CT molecular complexity index is 1050. The van der Waals surface area contributed by atoms with Gasteiger partial charge in [0.1, 0.15) is 11.4 Å². The van der Waals surface area contributed by atoms with Gasteiger partial charge in [0, 0.05) is 31.0 Å². The molecule has 2 aromatic heterocycles. The summed E-state index contributed by atoms with van der Waals surface area (Å²) in [6, 6.07) is 6.26. The molecule has 1 unspecified atom stereocenters. The lowest BCUT2D eigenvalue weighted by molar-refractivity contribution is -0.0289. The third-order valence-corrected chi connectivity index (χ3v) is 7.42. The van der Waals surface area contributed by atoms with Crippen molar-refractivity contribution >= 4 is 20.8 Å². The van der Waals surface area contributed by atoms with Gasteiger partial charge in [0.25, 0.3) is 0 Å². The number of ether oxygens (including phenoxy) is 1. The molecule has 1 aliphatic heterocycles. The van der Waals surface area contributed by atoms with Gasteiger partial charge in [-0.05, 0) is 83.8 Å². The predicted molar refractivity (Wildman–Crippen MR) is 150 cm³/mol. The maximum atomic E-state index is 13.3. The summed E-state index contributed by atoms with van der Waals surface area (Å²) in [6.45, 7) is 25.0. The van der Waals surface area contributed by atoms with Crippen molar-refractivity contribution in [3.05, 3.63) is 41.3 Å². The lowest BCUT2D eigenvalue weighted by atomic mass is 9.83. The highest BCUT2D eigenvalue weighted by atomic mass is 28.3. The Balaban J connectivity index is 1.95. The average molecular weight is 515 g/mol. The van der Waals surface area contributed by atoms with Crippen LogP contribution in [-0.2, 0) is 9.16 Å². The highest BCUT2D eigenvalue weighted by molar-refractivity contribution is 6.48. The molecule has 1 fully saturated rings. The van der Waals surface area contributed by atoms with E-state index >= 15 is 0 Å². The molecule has 0 radical (unpaired) electrons. The van der Waals surface area contributed by atoms with E-state index in [-0.39, 0.29) is 23.7 Å². The molecule has 0 saturated carbocycles. The maximum absolute atomic E-state index is 13.3. The van der Waals surface area contributed by atoms with Crippen molar-refractivity contribution in [2.24, 2.45) is 5.41 Å². The van der Waals surface area contributed by atoms with Crippen LogP contribution in [0.15, 0.2) is 24.4 Å². The topological polar surface area (TPSA) is 59.8 Å². The summed E-state index contributed by atoms with van der Waals surface area (Å²) in [6.07, 6.45) is 1.62. The molecule has 1 aliphatic rings. The van der Waals surface area contributed by atoms with Crippen LogP contribution in [0.1, 0.15) is 58.5 Å². The summed E-state index contributed by atoms with van der Waals surface area (Å²) in [7, 11) is -1.36. The molecule has 36 heavy (non-hydrogen) atoms. The van der Waals surface area contributed by atoms with Crippen molar-refractivity contribution in [2.45, 2.75) is 93.2 Å². The second-order valence-electron chi connectivity index (χ2n) is 12.4. The van der Waals surface area contributed by atoms with E-state index in [1.54, 1.807) is 0 Å². The zero-order valence-corrected chi connectivity index (χ0v) is 25.3. The molecule has 3 rings (SSSR count). The van der Waals surface area contributed by atoms with Crippen LogP contribution in [0.3, 0.4) is 0 Å². The number of amides is 1. The number of carbonyl (C=O) groups is 1. The number of pyridine rings is 1. The number of piperazine rings is 1. The fraction of sp³-hybridized carbons (Fsp3) is 0.643. The zero-order valence-electron chi connectivity index (χ0n) is 24.2. The van der Waals surface area contributed by atoms with E-state index in [9.17, 15) is 4.79 Å². The number of aromatic nitrogens is 2. The molecule has 200 valence electrons. The second kappa shape index (κ2) is 10.6. The van der Waals surface area contributed by atoms with Gasteiger partial charge in [-0.3, -0.25) is 4.90 Å². The Labute approximate surface area is 219 Å². The first-order valence-corrected chi connectivity index (χ1v) is 15.9. The van der Waals surface area contributed by atoms with Crippen LogP contribution in [0.5, 0.6) is 0 Å². The SMILES string of the molecule is Cc1cc(-n2c(C)ccc2C)ncc1N1CCN(C(=O)OC(C)(C)C)[C@@H](C(O[SiH](C)C)C(C)(C)C)C1. The molecule has 2 aromatic rings. The summed E-state index contributed by atoms with van der Waals surface area (Å²) in [5.74, 6) is 0.932. The smallest absolute Gasteiger partial charge is 0.410 e. The molecule has 0 bridgehead atoms. The Morgan fingerprint density at radius 3 is 2.17 bits per heavy atom. The van der Waals surface area contributed by atoms with Gasteiger partial charge in [-0.1, -0.05) is 20.8 Å². The third-order valence-electron chi connectivity index (χ3n) is 6.58. The molecule has 7 nitrogen and oxygen atoms in total. The highest BCUT2D eigenvalue weighted by Crippen LogP contribution is 2.33. The number of hydrogen-bond donors (Lipinski definition) is 0. The minimum Gasteiger partial charge on any atom is -0.444 e. The fourth-order valence-electron chi connectivity index (χ4n) is 5.02. The van der Waals surface area contributed by atoms with Gasteiger partial charge in [0.15, 0.2) is 9.04 Å². The Morgan fingerprint density at radius 2 is 1.67 bits per heavy atom. The van der Waals surface area contributed by atoms with Crippen LogP contribution in [0, 0.1) is 26.2 Å². The molecule has 2 atom stereocenters. The monoisotopic (exact) mass is 514 g/mol. The van der Waals surface area contributed by atoms with Crippen LogP contribution < -0.4 is 4.90 Å². The number of hydrogen-bond acceptors (Lipinski definition) is 5. The minimum atomic E-state index is -1.36. The Hall–Kier alpha value is -2.32. The molecule has 0 aliphatic carbocycles. The summed E-state index contributed by atoms with van der Waals surface area (Å²) >= 11 is 0. The van der Waals surface area contributed by atoms with Gasteiger partial charge in [-0.2, -0.15) is 0 Å². The number of aryl methyl sites for hydroxylation is 3. The number of rotatable bonds is 5. The molecule has 1 saturated heterocycles. The molecule has 1 amide bonds. The van der Waals surface area contributed by atoms with Gasteiger partial charge in [-0.15, -0.1) is 0 Å². The normalized spacial score (nSPS) is 18.1. The molecule has 0 N–H and O–H groups in total. The molecule has 0 aromatic carbocycles. The van der Waals surface area contributed by atoms with Gasteiger partial charge in [-0.25, -0.2) is 9.78 Å². The van der Waals surface area contributed by atoms with Crippen LogP contribution in [0.4, 0.5) is 10.5 Å². The maximum Gasteiger partial charge on any atom is 0.410 e.